The van der Waals surface area contributed by atoms with Crippen LogP contribution in [0.15, 0.2) is 12.4 Å². The molecule has 2 nitrogen and oxygen atoms in total. The van der Waals surface area contributed by atoms with E-state index in [1.54, 1.807) is 0 Å². The Labute approximate surface area is 183 Å². The second kappa shape index (κ2) is 19.2. The van der Waals surface area contributed by atoms with E-state index in [4.69, 9.17) is 0 Å². The first-order valence-electron chi connectivity index (χ1n) is 13.3. The van der Waals surface area contributed by atoms with Gasteiger partial charge < -0.3 is 0 Å². The van der Waals surface area contributed by atoms with Crippen LogP contribution in [-0.2, 0) is 13.1 Å². The summed E-state index contributed by atoms with van der Waals surface area (Å²) in [7, 11) is 0. The van der Waals surface area contributed by atoms with Crippen molar-refractivity contribution in [2.75, 3.05) is 0 Å². The maximum Gasteiger partial charge on any atom is 0.253 e. The lowest BCUT2D eigenvalue weighted by Crippen LogP contribution is -2.35. The number of hydrogen-bond acceptors (Lipinski definition) is 0. The lowest BCUT2D eigenvalue weighted by Gasteiger charge is -2.04. The van der Waals surface area contributed by atoms with Crippen LogP contribution in [0.5, 0.6) is 0 Å². The van der Waals surface area contributed by atoms with E-state index in [-0.39, 0.29) is 0 Å². The highest BCUT2D eigenvalue weighted by Crippen LogP contribution is 2.12. The first-order valence-corrected chi connectivity index (χ1v) is 13.3. The van der Waals surface area contributed by atoms with Crippen LogP contribution in [0.4, 0.5) is 0 Å². The average molecular weight is 406 g/mol. The number of aromatic nitrogens is 2. The van der Waals surface area contributed by atoms with Gasteiger partial charge in [-0.05, 0) is 25.7 Å². The third-order valence-electron chi connectivity index (χ3n) is 6.51. The van der Waals surface area contributed by atoms with Gasteiger partial charge in [0.05, 0.1) is 13.1 Å². The van der Waals surface area contributed by atoms with Crippen molar-refractivity contribution >= 4 is 0 Å². The average Bonchev–Trinajstić information content (AvgIpc) is 3.08. The maximum atomic E-state index is 2.47. The molecular weight excluding hydrogens is 352 g/mol. The van der Waals surface area contributed by atoms with Crippen LogP contribution >= 0.6 is 0 Å². The molecule has 0 bridgehead atoms. The van der Waals surface area contributed by atoms with Crippen molar-refractivity contribution in [2.45, 2.75) is 156 Å². The van der Waals surface area contributed by atoms with Gasteiger partial charge in [-0.1, -0.05) is 110 Å². The Morgan fingerprint density at radius 1 is 0.586 bits per heavy atom. The number of aryl methyl sites for hydroxylation is 2. The van der Waals surface area contributed by atoms with Crippen LogP contribution in [0.25, 0.3) is 0 Å². The highest BCUT2D eigenvalue weighted by Gasteiger charge is 2.11. The van der Waals surface area contributed by atoms with E-state index in [2.05, 4.69) is 42.3 Å². The minimum absolute atomic E-state index is 1.20. The Morgan fingerprint density at radius 2 is 1.00 bits per heavy atom. The van der Waals surface area contributed by atoms with Gasteiger partial charge in [-0.15, -0.1) is 0 Å². The molecule has 0 saturated carbocycles. The molecule has 0 N–H and O–H groups in total. The normalized spacial score (nSPS) is 11.4. The summed E-state index contributed by atoms with van der Waals surface area (Å²) in [6, 6.07) is 0. The molecule has 0 fully saturated rings. The first kappa shape index (κ1) is 26.2. The van der Waals surface area contributed by atoms with E-state index in [9.17, 15) is 0 Å². The van der Waals surface area contributed by atoms with Crippen molar-refractivity contribution in [2.24, 2.45) is 0 Å². The van der Waals surface area contributed by atoms with Crippen LogP contribution in [0, 0.1) is 6.92 Å². The summed E-state index contributed by atoms with van der Waals surface area (Å²) in [6.07, 6.45) is 31.5. The van der Waals surface area contributed by atoms with Gasteiger partial charge >= 0.3 is 0 Å². The van der Waals surface area contributed by atoms with Crippen LogP contribution in [0.1, 0.15) is 142 Å². The molecule has 0 saturated heterocycles. The highest BCUT2D eigenvalue weighted by molar-refractivity contribution is 4.79. The number of rotatable bonds is 21. The van der Waals surface area contributed by atoms with E-state index in [0.29, 0.717) is 0 Å². The van der Waals surface area contributed by atoms with Crippen molar-refractivity contribution in [1.82, 2.24) is 4.57 Å². The largest absolute Gasteiger partial charge is 0.253 e. The summed E-state index contributed by atoms with van der Waals surface area (Å²) >= 11 is 0. The molecular formula is C27H53N2+. The summed E-state index contributed by atoms with van der Waals surface area (Å²) in [6.45, 7) is 9.28. The molecule has 2 heteroatoms. The monoisotopic (exact) mass is 405 g/mol. The van der Waals surface area contributed by atoms with E-state index < -0.39 is 0 Å². The standard InChI is InChI=1S/C27H53N2/c1-4-6-8-10-12-13-14-15-16-17-18-20-22-24-29-26-25-28(27(29)3)23-21-19-11-9-7-5-2/h25-26H,4-24H2,1-3H3/q+1. The van der Waals surface area contributed by atoms with Gasteiger partial charge in [0, 0.05) is 6.92 Å². The Kier molecular flexibility index (Phi) is 17.4. The first-order chi connectivity index (χ1) is 14.3. The fourth-order valence-electron chi connectivity index (χ4n) is 4.38. The van der Waals surface area contributed by atoms with Crippen LogP contribution in [-0.4, -0.2) is 4.57 Å². The van der Waals surface area contributed by atoms with Gasteiger partial charge in [-0.25, -0.2) is 9.13 Å². The molecule has 170 valence electrons. The van der Waals surface area contributed by atoms with Crippen LogP contribution in [0.3, 0.4) is 0 Å². The van der Waals surface area contributed by atoms with E-state index in [1.165, 1.54) is 141 Å². The molecule has 0 spiro atoms. The zero-order valence-corrected chi connectivity index (χ0v) is 20.4. The van der Waals surface area contributed by atoms with Crippen molar-refractivity contribution < 1.29 is 4.57 Å². The number of hydrogen-bond donors (Lipinski definition) is 0. The molecule has 1 rings (SSSR count). The molecule has 0 aliphatic heterocycles. The van der Waals surface area contributed by atoms with Gasteiger partial charge in [0.15, 0.2) is 0 Å². The van der Waals surface area contributed by atoms with Crippen molar-refractivity contribution in [3.8, 4) is 0 Å². The number of nitrogens with zero attached hydrogens (tertiary/aromatic N) is 2. The number of unbranched alkanes of at least 4 members (excludes halogenated alkanes) is 17. The zero-order chi connectivity index (χ0) is 21.0. The van der Waals surface area contributed by atoms with Crippen molar-refractivity contribution in [3.63, 3.8) is 0 Å². The Balaban J connectivity index is 1.95. The van der Waals surface area contributed by atoms with Gasteiger partial charge in [-0.2, -0.15) is 0 Å². The van der Waals surface area contributed by atoms with Crippen molar-refractivity contribution in [3.05, 3.63) is 18.2 Å². The summed E-state index contributed by atoms with van der Waals surface area (Å²) in [5, 5.41) is 0. The summed E-state index contributed by atoms with van der Waals surface area (Å²) < 4.78 is 4.93. The lowest BCUT2D eigenvalue weighted by atomic mass is 10.0. The Hall–Kier alpha value is -0.790. The van der Waals surface area contributed by atoms with Gasteiger partial charge in [0.25, 0.3) is 5.82 Å². The predicted molar refractivity (Wildman–Crippen MR) is 128 cm³/mol. The zero-order valence-electron chi connectivity index (χ0n) is 20.4. The SMILES string of the molecule is CCCCCCCCCCCCCCC[n+]1ccn(CCCCCCCC)c1C. The Bertz CT molecular complexity index is 463. The molecule has 0 radical (unpaired) electrons. The summed E-state index contributed by atoms with van der Waals surface area (Å²) in [5.41, 5.74) is 0. The van der Waals surface area contributed by atoms with E-state index in [1.807, 2.05) is 0 Å². The predicted octanol–water partition coefficient (Wildman–Crippen LogP) is 8.54. The second-order valence-corrected chi connectivity index (χ2v) is 9.24. The van der Waals surface area contributed by atoms with Gasteiger partial charge in [-0.3, -0.25) is 0 Å². The van der Waals surface area contributed by atoms with Gasteiger partial charge in [0.1, 0.15) is 12.4 Å². The highest BCUT2D eigenvalue weighted by atomic mass is 15.1. The summed E-state index contributed by atoms with van der Waals surface area (Å²) in [5.74, 6) is 1.44. The molecule has 1 aromatic rings. The molecule has 1 aromatic heterocycles. The molecule has 1 heterocycles. The van der Waals surface area contributed by atoms with Crippen LogP contribution in [0.2, 0.25) is 0 Å². The minimum atomic E-state index is 1.20. The molecule has 0 aliphatic carbocycles. The molecule has 29 heavy (non-hydrogen) atoms. The van der Waals surface area contributed by atoms with E-state index in [0.717, 1.165) is 0 Å². The topological polar surface area (TPSA) is 8.81 Å². The quantitative estimate of drug-likeness (QED) is 0.143. The lowest BCUT2D eigenvalue weighted by molar-refractivity contribution is -0.702. The minimum Gasteiger partial charge on any atom is -0.234 e. The molecule has 0 atom stereocenters. The molecule has 0 aromatic carbocycles. The third-order valence-corrected chi connectivity index (χ3v) is 6.51. The van der Waals surface area contributed by atoms with Gasteiger partial charge in [0.2, 0.25) is 0 Å². The molecule has 0 unspecified atom stereocenters. The molecule has 0 aliphatic rings. The maximum absolute atomic E-state index is 2.47. The van der Waals surface area contributed by atoms with Crippen LogP contribution < -0.4 is 4.57 Å². The van der Waals surface area contributed by atoms with Crippen molar-refractivity contribution in [1.29, 1.82) is 0 Å². The fourth-order valence-corrected chi connectivity index (χ4v) is 4.38. The Morgan fingerprint density at radius 3 is 1.48 bits per heavy atom. The fraction of sp³-hybridized carbons (Fsp3) is 0.889. The summed E-state index contributed by atoms with van der Waals surface area (Å²) in [4.78, 5) is 0. The smallest absolute Gasteiger partial charge is 0.234 e. The number of imidazole rings is 1. The third kappa shape index (κ3) is 13.9. The molecule has 0 amide bonds. The van der Waals surface area contributed by atoms with E-state index >= 15 is 0 Å². The second-order valence-electron chi connectivity index (χ2n) is 9.24.